The molecule has 4 nitrogen and oxygen atoms in total. The van der Waals surface area contributed by atoms with Crippen LogP contribution < -0.4 is 0 Å². The molecule has 8 aromatic rings. The predicted molar refractivity (Wildman–Crippen MR) is 173 cm³/mol. The van der Waals surface area contributed by atoms with Gasteiger partial charge in [-0.05, 0) is 77.2 Å². The standard InChI is InChI=1S/C38H22N4/c1-39-27-10-8-12-30(23-27)42-37-19-17-26(22-33(37)34-24-28(40-2)18-20-38(34)42)25-9-7-11-29(21-25)41-35-15-5-3-13-31(35)32-14-4-6-16-36(32)41/h3-24H. The molecule has 0 spiro atoms. The third-order valence-electron chi connectivity index (χ3n) is 8.11. The lowest BCUT2D eigenvalue weighted by Crippen LogP contribution is -1.94. The van der Waals surface area contributed by atoms with Gasteiger partial charge in [-0.1, -0.05) is 72.8 Å². The Hall–Kier alpha value is -6.10. The summed E-state index contributed by atoms with van der Waals surface area (Å²) in [5.41, 5.74) is 9.88. The Morgan fingerprint density at radius 2 is 0.905 bits per heavy atom. The number of hydrogen-bond acceptors (Lipinski definition) is 0. The molecule has 0 bridgehead atoms. The van der Waals surface area contributed by atoms with E-state index >= 15 is 0 Å². The van der Waals surface area contributed by atoms with Crippen molar-refractivity contribution >= 4 is 55.0 Å². The smallest absolute Gasteiger partial charge is 0.189 e. The van der Waals surface area contributed by atoms with Gasteiger partial charge in [0.1, 0.15) is 0 Å². The van der Waals surface area contributed by atoms with E-state index in [1.54, 1.807) is 0 Å². The Kier molecular flexibility index (Phi) is 5.22. The minimum atomic E-state index is 0.596. The Balaban J connectivity index is 1.35. The van der Waals surface area contributed by atoms with E-state index < -0.39 is 0 Å². The van der Waals surface area contributed by atoms with Gasteiger partial charge in [-0.15, -0.1) is 0 Å². The van der Waals surface area contributed by atoms with Crippen molar-refractivity contribution in [2.24, 2.45) is 0 Å². The van der Waals surface area contributed by atoms with E-state index in [0.717, 1.165) is 44.3 Å². The molecule has 42 heavy (non-hydrogen) atoms. The number of nitrogens with zero attached hydrogens (tertiary/aromatic N) is 4. The van der Waals surface area contributed by atoms with Crippen LogP contribution in [0, 0.1) is 13.1 Å². The van der Waals surface area contributed by atoms with Crippen LogP contribution in [0.15, 0.2) is 133 Å². The van der Waals surface area contributed by atoms with Crippen LogP contribution in [0.4, 0.5) is 11.4 Å². The maximum absolute atomic E-state index is 7.62. The van der Waals surface area contributed by atoms with Gasteiger partial charge in [0.05, 0.1) is 35.2 Å². The highest BCUT2D eigenvalue weighted by Crippen LogP contribution is 2.38. The van der Waals surface area contributed by atoms with E-state index in [4.69, 9.17) is 13.1 Å². The lowest BCUT2D eigenvalue weighted by molar-refractivity contribution is 1.18. The normalized spacial score (nSPS) is 11.3. The van der Waals surface area contributed by atoms with Gasteiger partial charge in [0, 0.05) is 27.5 Å². The number of rotatable bonds is 3. The Morgan fingerprint density at radius 1 is 0.381 bits per heavy atom. The van der Waals surface area contributed by atoms with Gasteiger partial charge < -0.3 is 9.13 Å². The first-order chi connectivity index (χ1) is 20.7. The average molecular weight is 535 g/mol. The molecular weight excluding hydrogens is 512 g/mol. The van der Waals surface area contributed by atoms with E-state index in [1.165, 1.54) is 21.8 Å². The van der Waals surface area contributed by atoms with Crippen LogP contribution >= 0.6 is 0 Å². The van der Waals surface area contributed by atoms with Gasteiger partial charge in [-0.2, -0.15) is 0 Å². The van der Waals surface area contributed by atoms with Crippen LogP contribution in [-0.2, 0) is 0 Å². The Labute approximate surface area is 242 Å². The summed E-state index contributed by atoms with van der Waals surface area (Å²) in [6, 6.07) is 45.9. The molecule has 8 rings (SSSR count). The summed E-state index contributed by atoms with van der Waals surface area (Å²) < 4.78 is 4.52. The molecule has 0 N–H and O–H groups in total. The highest BCUT2D eigenvalue weighted by molar-refractivity contribution is 6.12. The second-order valence-corrected chi connectivity index (χ2v) is 10.4. The molecule has 0 amide bonds. The van der Waals surface area contributed by atoms with Crippen molar-refractivity contribution < 1.29 is 0 Å². The first kappa shape index (κ1) is 23.8. The second-order valence-electron chi connectivity index (χ2n) is 10.4. The third kappa shape index (κ3) is 3.53. The van der Waals surface area contributed by atoms with Crippen molar-refractivity contribution in [1.29, 1.82) is 0 Å². The monoisotopic (exact) mass is 534 g/mol. The number of benzene rings is 6. The Morgan fingerprint density at radius 3 is 1.60 bits per heavy atom. The van der Waals surface area contributed by atoms with Gasteiger partial charge in [-0.3, -0.25) is 0 Å². The summed E-state index contributed by atoms with van der Waals surface area (Å²) in [5.74, 6) is 0. The van der Waals surface area contributed by atoms with Gasteiger partial charge >= 0.3 is 0 Å². The molecule has 4 heteroatoms. The number of fused-ring (bicyclic) bond motifs is 6. The molecule has 0 aliphatic carbocycles. The molecule has 2 heterocycles. The summed E-state index contributed by atoms with van der Waals surface area (Å²) in [7, 11) is 0. The SMILES string of the molecule is [C-]#[N+]c1cccc(-n2c3ccc([N+]#[C-])cc3c3cc(-c4cccc(-n5c6ccccc6c6ccccc65)c4)ccc32)c1. The van der Waals surface area contributed by atoms with Crippen LogP contribution in [-0.4, -0.2) is 9.13 Å². The van der Waals surface area contributed by atoms with Crippen molar-refractivity contribution in [1.82, 2.24) is 9.13 Å². The molecule has 0 atom stereocenters. The minimum Gasteiger partial charge on any atom is -0.311 e. The van der Waals surface area contributed by atoms with Crippen LogP contribution in [0.3, 0.4) is 0 Å². The fraction of sp³-hybridized carbons (Fsp3) is 0. The van der Waals surface area contributed by atoms with E-state index in [-0.39, 0.29) is 0 Å². The fourth-order valence-corrected chi connectivity index (χ4v) is 6.27. The zero-order valence-electron chi connectivity index (χ0n) is 22.5. The summed E-state index contributed by atoms with van der Waals surface area (Å²) in [5, 5.41) is 4.58. The average Bonchev–Trinajstić information content (AvgIpc) is 3.57. The summed E-state index contributed by atoms with van der Waals surface area (Å²) >= 11 is 0. The van der Waals surface area contributed by atoms with Gasteiger partial charge in [0.25, 0.3) is 0 Å². The molecule has 0 aliphatic heterocycles. The zero-order chi connectivity index (χ0) is 28.2. The van der Waals surface area contributed by atoms with Crippen LogP contribution in [0.5, 0.6) is 0 Å². The molecule has 6 aromatic carbocycles. The van der Waals surface area contributed by atoms with E-state index in [2.05, 4.69) is 110 Å². The minimum absolute atomic E-state index is 0.596. The second kappa shape index (κ2) is 9.24. The van der Waals surface area contributed by atoms with Gasteiger partial charge in [0.2, 0.25) is 0 Å². The lowest BCUT2D eigenvalue weighted by Gasteiger charge is -2.11. The molecule has 194 valence electrons. The zero-order valence-corrected chi connectivity index (χ0v) is 22.5. The molecule has 2 aromatic heterocycles. The highest BCUT2D eigenvalue weighted by Gasteiger charge is 2.16. The largest absolute Gasteiger partial charge is 0.311 e. The Bertz CT molecular complexity index is 2390. The number of hydrogen-bond donors (Lipinski definition) is 0. The third-order valence-corrected chi connectivity index (χ3v) is 8.11. The number of para-hydroxylation sites is 2. The molecule has 0 saturated carbocycles. The van der Waals surface area contributed by atoms with Crippen molar-refractivity contribution in [3.63, 3.8) is 0 Å². The van der Waals surface area contributed by atoms with Crippen LogP contribution in [0.2, 0.25) is 0 Å². The van der Waals surface area contributed by atoms with E-state index in [0.29, 0.717) is 11.4 Å². The molecular formula is C38H22N4. The molecule has 0 saturated heterocycles. The summed E-state index contributed by atoms with van der Waals surface area (Å²) in [4.78, 5) is 7.35. The van der Waals surface area contributed by atoms with Crippen LogP contribution in [0.25, 0.3) is 75.8 Å². The molecule has 0 radical (unpaired) electrons. The van der Waals surface area contributed by atoms with Crippen molar-refractivity contribution in [3.8, 4) is 22.5 Å². The van der Waals surface area contributed by atoms with Gasteiger partial charge in [-0.25, -0.2) is 9.69 Å². The van der Waals surface area contributed by atoms with Crippen molar-refractivity contribution in [2.75, 3.05) is 0 Å². The summed E-state index contributed by atoms with van der Waals surface area (Å²) in [6.07, 6.45) is 0. The van der Waals surface area contributed by atoms with Gasteiger partial charge in [0.15, 0.2) is 11.4 Å². The molecule has 0 unspecified atom stereocenters. The topological polar surface area (TPSA) is 18.6 Å². The quantitative estimate of drug-likeness (QED) is 0.201. The van der Waals surface area contributed by atoms with E-state index in [1.807, 2.05) is 42.5 Å². The highest BCUT2D eigenvalue weighted by atomic mass is 15.0. The molecule has 0 aliphatic rings. The first-order valence-corrected chi connectivity index (χ1v) is 13.8. The van der Waals surface area contributed by atoms with Crippen molar-refractivity contribution in [2.45, 2.75) is 0 Å². The lowest BCUT2D eigenvalue weighted by atomic mass is 10.0. The van der Waals surface area contributed by atoms with Crippen LogP contribution in [0.1, 0.15) is 0 Å². The maximum atomic E-state index is 7.62. The molecule has 0 fully saturated rings. The fourth-order valence-electron chi connectivity index (χ4n) is 6.27. The first-order valence-electron chi connectivity index (χ1n) is 13.8. The predicted octanol–water partition coefficient (Wildman–Crippen LogP) is 10.6. The van der Waals surface area contributed by atoms with E-state index in [9.17, 15) is 0 Å². The summed E-state index contributed by atoms with van der Waals surface area (Å²) in [6.45, 7) is 15.1. The number of aromatic nitrogens is 2. The van der Waals surface area contributed by atoms with Crippen molar-refractivity contribution in [3.05, 3.63) is 156 Å². The maximum Gasteiger partial charge on any atom is 0.189 e.